The zero-order chi connectivity index (χ0) is 21.2. The summed E-state index contributed by atoms with van der Waals surface area (Å²) >= 11 is 0. The Morgan fingerprint density at radius 2 is 1.68 bits per heavy atom. The molecule has 0 saturated heterocycles. The molecule has 0 radical (unpaired) electrons. The van der Waals surface area contributed by atoms with Gasteiger partial charge in [-0.15, -0.1) is 0 Å². The molecular formula is C25H22N2O4. The van der Waals surface area contributed by atoms with Gasteiger partial charge < -0.3 is 19.7 Å². The smallest absolute Gasteiger partial charge is 0.269 e. The number of ether oxygens (including phenoxy) is 2. The first-order valence-corrected chi connectivity index (χ1v) is 10.3. The molecule has 1 atom stereocenters. The van der Waals surface area contributed by atoms with Gasteiger partial charge in [0.2, 0.25) is 6.10 Å². The Morgan fingerprint density at radius 1 is 0.903 bits per heavy atom. The Hall–Kier alpha value is -3.80. The fourth-order valence-corrected chi connectivity index (χ4v) is 3.94. The molecule has 1 unspecified atom stereocenters. The molecule has 31 heavy (non-hydrogen) atoms. The Kier molecular flexibility index (Phi) is 5.04. The topological polar surface area (TPSA) is 67.9 Å². The summed E-state index contributed by atoms with van der Waals surface area (Å²) in [5.41, 5.74) is 3.60. The van der Waals surface area contributed by atoms with Crippen molar-refractivity contribution in [2.24, 2.45) is 0 Å². The van der Waals surface area contributed by atoms with Crippen LogP contribution in [-0.2, 0) is 17.8 Å². The third-order valence-corrected chi connectivity index (χ3v) is 5.60. The highest BCUT2D eigenvalue weighted by Gasteiger charge is 2.28. The first-order valence-electron chi connectivity index (χ1n) is 10.3. The van der Waals surface area contributed by atoms with Gasteiger partial charge in [-0.25, -0.2) is 0 Å². The fraction of sp³-hybridized carbons (Fsp3) is 0.200. The molecule has 5 rings (SSSR count). The lowest BCUT2D eigenvalue weighted by Crippen LogP contribution is -2.40. The Morgan fingerprint density at radius 3 is 2.52 bits per heavy atom. The van der Waals surface area contributed by atoms with Crippen molar-refractivity contribution < 1.29 is 19.1 Å². The normalized spacial score (nSPS) is 16.9. The third kappa shape index (κ3) is 3.97. The van der Waals surface area contributed by atoms with E-state index in [4.69, 9.17) is 9.47 Å². The van der Waals surface area contributed by atoms with Crippen LogP contribution in [0, 0.1) is 0 Å². The van der Waals surface area contributed by atoms with Gasteiger partial charge in [-0.3, -0.25) is 9.59 Å². The maximum Gasteiger partial charge on any atom is 0.269 e. The van der Waals surface area contributed by atoms with Gasteiger partial charge in [-0.1, -0.05) is 36.4 Å². The minimum atomic E-state index is -0.720. The molecule has 1 N–H and O–H groups in total. The molecule has 0 fully saturated rings. The lowest BCUT2D eigenvalue weighted by Gasteiger charge is -2.29. The largest absolute Gasteiger partial charge is 0.485 e. The minimum Gasteiger partial charge on any atom is -0.485 e. The van der Waals surface area contributed by atoms with Crippen molar-refractivity contribution in [1.82, 2.24) is 4.90 Å². The van der Waals surface area contributed by atoms with Crippen molar-refractivity contribution >= 4 is 17.5 Å². The summed E-state index contributed by atoms with van der Waals surface area (Å²) in [4.78, 5) is 27.4. The number of anilines is 1. The van der Waals surface area contributed by atoms with Crippen molar-refractivity contribution in [2.45, 2.75) is 19.1 Å². The number of nitrogens with zero attached hydrogens (tertiary/aromatic N) is 1. The molecule has 0 aromatic heterocycles. The Bertz CT molecular complexity index is 1130. The summed E-state index contributed by atoms with van der Waals surface area (Å²) < 4.78 is 11.4. The van der Waals surface area contributed by atoms with Gasteiger partial charge in [-0.2, -0.15) is 0 Å². The van der Waals surface area contributed by atoms with E-state index in [2.05, 4.69) is 5.32 Å². The second-order valence-electron chi connectivity index (χ2n) is 7.68. The Balaban J connectivity index is 1.27. The van der Waals surface area contributed by atoms with Crippen LogP contribution in [0.4, 0.5) is 5.69 Å². The molecule has 3 aromatic carbocycles. The van der Waals surface area contributed by atoms with Crippen molar-refractivity contribution in [3.05, 3.63) is 89.5 Å². The molecule has 2 amide bonds. The van der Waals surface area contributed by atoms with Crippen LogP contribution >= 0.6 is 0 Å². The molecule has 0 saturated carbocycles. The molecule has 2 aliphatic rings. The van der Waals surface area contributed by atoms with Crippen molar-refractivity contribution in [1.29, 1.82) is 0 Å². The number of hydrogen-bond donors (Lipinski definition) is 1. The Labute approximate surface area is 180 Å². The van der Waals surface area contributed by atoms with Crippen LogP contribution in [0.3, 0.4) is 0 Å². The third-order valence-electron chi connectivity index (χ3n) is 5.60. The highest BCUT2D eigenvalue weighted by Crippen LogP contribution is 2.31. The number of carbonyl (C=O) groups is 2. The van der Waals surface area contributed by atoms with Crippen LogP contribution in [0.1, 0.15) is 21.5 Å². The maximum absolute atomic E-state index is 12.8. The average molecular weight is 414 g/mol. The van der Waals surface area contributed by atoms with E-state index in [0.29, 0.717) is 35.8 Å². The number of hydrogen-bond acceptors (Lipinski definition) is 4. The van der Waals surface area contributed by atoms with Crippen LogP contribution in [0.25, 0.3) is 0 Å². The molecule has 156 valence electrons. The summed E-state index contributed by atoms with van der Waals surface area (Å²) in [5.74, 6) is 0.965. The molecule has 6 heteroatoms. The molecule has 6 nitrogen and oxygen atoms in total. The molecule has 2 aliphatic heterocycles. The van der Waals surface area contributed by atoms with E-state index < -0.39 is 6.10 Å². The highest BCUT2D eigenvalue weighted by molar-refractivity contribution is 5.95. The quantitative estimate of drug-likeness (QED) is 0.710. The number of fused-ring (bicyclic) bond motifs is 2. The number of rotatable bonds is 3. The predicted molar refractivity (Wildman–Crippen MR) is 116 cm³/mol. The van der Waals surface area contributed by atoms with Gasteiger partial charge >= 0.3 is 0 Å². The van der Waals surface area contributed by atoms with Crippen LogP contribution in [-0.4, -0.2) is 36.0 Å². The van der Waals surface area contributed by atoms with Crippen LogP contribution < -0.4 is 14.8 Å². The number of nitrogens with one attached hydrogen (secondary N) is 1. The number of para-hydroxylation sites is 2. The second kappa shape index (κ2) is 8.14. The van der Waals surface area contributed by atoms with Gasteiger partial charge in [-0.05, 0) is 53.9 Å². The standard InChI is InChI=1S/C25H22N2O4/c28-24(23-16-30-21-8-4-5-9-22(21)31-23)26-20-11-10-17-12-13-27(15-19(17)14-20)25(29)18-6-2-1-3-7-18/h1-11,14,23H,12-13,15-16H2,(H,26,28). The second-order valence-corrected chi connectivity index (χ2v) is 7.68. The van der Waals surface area contributed by atoms with Crippen molar-refractivity contribution in [3.8, 4) is 11.5 Å². The number of amides is 2. The van der Waals surface area contributed by atoms with Crippen LogP contribution in [0.5, 0.6) is 11.5 Å². The molecule has 0 bridgehead atoms. The molecule has 3 aromatic rings. The van der Waals surface area contributed by atoms with Gasteiger partial charge in [0.05, 0.1) is 0 Å². The zero-order valence-electron chi connectivity index (χ0n) is 16.9. The zero-order valence-corrected chi connectivity index (χ0v) is 16.9. The summed E-state index contributed by atoms with van der Waals surface area (Å²) in [6.07, 6.45) is 0.0699. The van der Waals surface area contributed by atoms with Gasteiger partial charge in [0.25, 0.3) is 11.8 Å². The first kappa shape index (κ1) is 19.2. The molecule has 0 aliphatic carbocycles. The lowest BCUT2D eigenvalue weighted by molar-refractivity contribution is -0.125. The fourth-order valence-electron chi connectivity index (χ4n) is 3.94. The van der Waals surface area contributed by atoms with E-state index in [1.165, 1.54) is 5.56 Å². The van der Waals surface area contributed by atoms with Crippen LogP contribution in [0.2, 0.25) is 0 Å². The lowest BCUT2D eigenvalue weighted by atomic mass is 9.98. The molecule has 0 spiro atoms. The van der Waals surface area contributed by atoms with E-state index in [0.717, 1.165) is 12.0 Å². The van der Waals surface area contributed by atoms with Gasteiger partial charge in [0.1, 0.15) is 6.61 Å². The molecular weight excluding hydrogens is 392 g/mol. The average Bonchev–Trinajstić information content (AvgIpc) is 2.83. The van der Waals surface area contributed by atoms with E-state index in [1.807, 2.05) is 71.6 Å². The summed E-state index contributed by atoms with van der Waals surface area (Å²) in [7, 11) is 0. The van der Waals surface area contributed by atoms with Crippen molar-refractivity contribution in [3.63, 3.8) is 0 Å². The summed E-state index contributed by atoms with van der Waals surface area (Å²) in [5, 5.41) is 2.92. The minimum absolute atomic E-state index is 0.0205. The van der Waals surface area contributed by atoms with Crippen molar-refractivity contribution in [2.75, 3.05) is 18.5 Å². The van der Waals surface area contributed by atoms with E-state index in [9.17, 15) is 9.59 Å². The van der Waals surface area contributed by atoms with Gasteiger partial charge in [0, 0.05) is 24.3 Å². The van der Waals surface area contributed by atoms with Crippen LogP contribution in [0.15, 0.2) is 72.8 Å². The SMILES string of the molecule is O=C(Nc1ccc2c(c1)CN(C(=O)c1ccccc1)CC2)C1COc2ccccc2O1. The monoisotopic (exact) mass is 414 g/mol. The number of carbonyl (C=O) groups excluding carboxylic acids is 2. The van der Waals surface area contributed by atoms with E-state index >= 15 is 0 Å². The highest BCUT2D eigenvalue weighted by atomic mass is 16.6. The van der Waals surface area contributed by atoms with Gasteiger partial charge in [0.15, 0.2) is 11.5 Å². The van der Waals surface area contributed by atoms with E-state index in [-0.39, 0.29) is 18.4 Å². The first-order chi connectivity index (χ1) is 15.2. The summed E-state index contributed by atoms with van der Waals surface area (Å²) in [6.45, 7) is 1.36. The molecule has 2 heterocycles. The van der Waals surface area contributed by atoms with E-state index in [1.54, 1.807) is 6.07 Å². The maximum atomic E-state index is 12.8. The number of benzene rings is 3. The summed E-state index contributed by atoms with van der Waals surface area (Å²) in [6, 6.07) is 22.5. The predicted octanol–water partition coefficient (Wildman–Crippen LogP) is 3.66.